The third-order valence-electron chi connectivity index (χ3n) is 3.38. The molecule has 106 valence electrons. The molecule has 20 heavy (non-hydrogen) atoms. The van der Waals surface area contributed by atoms with Crippen molar-refractivity contribution in [2.75, 3.05) is 4.90 Å². The predicted octanol–water partition coefficient (Wildman–Crippen LogP) is 3.06. The Labute approximate surface area is 118 Å². The molecule has 0 heterocycles. The van der Waals surface area contributed by atoms with Crippen LogP contribution in [0.5, 0.6) is 0 Å². The predicted molar refractivity (Wildman–Crippen MR) is 78.5 cm³/mol. The number of nitrogens with zero attached hydrogens (tertiary/aromatic N) is 2. The average Bonchev–Trinajstić information content (AvgIpc) is 2.39. The molecule has 0 bridgehead atoms. The summed E-state index contributed by atoms with van der Waals surface area (Å²) in [5.41, 5.74) is -0.0281. The van der Waals surface area contributed by atoms with E-state index in [9.17, 15) is 14.9 Å². The molecule has 1 aromatic rings. The van der Waals surface area contributed by atoms with Crippen molar-refractivity contribution in [3.05, 3.63) is 33.9 Å². The van der Waals surface area contributed by atoms with Gasteiger partial charge in [0.1, 0.15) is 11.2 Å². The fourth-order valence-electron chi connectivity index (χ4n) is 2.08. The van der Waals surface area contributed by atoms with E-state index < -0.39 is 10.5 Å². The van der Waals surface area contributed by atoms with Crippen LogP contribution in [0.2, 0.25) is 0 Å². The molecule has 0 N–H and O–H groups in total. The van der Waals surface area contributed by atoms with Crippen LogP contribution in [0.1, 0.15) is 32.8 Å². The van der Waals surface area contributed by atoms with Gasteiger partial charge in [0.05, 0.1) is 4.92 Å². The van der Waals surface area contributed by atoms with E-state index in [0.717, 1.165) is 5.56 Å². The maximum atomic E-state index is 12.0. The third kappa shape index (κ3) is 2.80. The monoisotopic (exact) mass is 274 g/mol. The molecule has 0 fully saturated rings. The van der Waals surface area contributed by atoms with Gasteiger partial charge in [-0.2, -0.15) is 0 Å². The molecule has 0 aliphatic carbocycles. The Kier molecular flexibility index (Phi) is 4.51. The number of aryl methyl sites for hydroxylation is 1. The van der Waals surface area contributed by atoms with Gasteiger partial charge in [0.15, 0.2) is 0 Å². The van der Waals surface area contributed by atoms with Crippen LogP contribution >= 0.6 is 0 Å². The van der Waals surface area contributed by atoms with Gasteiger partial charge in [-0.05, 0) is 31.9 Å². The standard InChI is InChI=1S/C15H18N2O3/c1-6-15(5,7-2)16(12(4)18)13-9-8-11(3)10-14(13)17(19)20/h1,8-10H,7H2,2-5H3. The lowest BCUT2D eigenvalue weighted by molar-refractivity contribution is -0.384. The first-order valence-electron chi connectivity index (χ1n) is 6.30. The van der Waals surface area contributed by atoms with Crippen LogP contribution in [0.25, 0.3) is 0 Å². The van der Waals surface area contributed by atoms with E-state index in [1.54, 1.807) is 26.0 Å². The van der Waals surface area contributed by atoms with Gasteiger partial charge in [0.2, 0.25) is 5.91 Å². The van der Waals surface area contributed by atoms with Crippen molar-refractivity contribution in [2.45, 2.75) is 39.7 Å². The zero-order chi connectivity index (χ0) is 15.5. The average molecular weight is 274 g/mol. The van der Waals surface area contributed by atoms with E-state index in [1.165, 1.54) is 17.9 Å². The van der Waals surface area contributed by atoms with Crippen LogP contribution in [-0.2, 0) is 4.79 Å². The number of nitro benzene ring substituents is 1. The van der Waals surface area contributed by atoms with Crippen molar-refractivity contribution in [3.8, 4) is 12.3 Å². The van der Waals surface area contributed by atoms with Gasteiger partial charge in [-0.1, -0.05) is 18.9 Å². The lowest BCUT2D eigenvalue weighted by Crippen LogP contribution is -2.48. The van der Waals surface area contributed by atoms with E-state index in [2.05, 4.69) is 5.92 Å². The number of hydrogen-bond donors (Lipinski definition) is 0. The van der Waals surface area contributed by atoms with Crippen LogP contribution in [0.4, 0.5) is 11.4 Å². The van der Waals surface area contributed by atoms with Crippen molar-refractivity contribution < 1.29 is 9.72 Å². The topological polar surface area (TPSA) is 63.5 Å². The first kappa shape index (κ1) is 15.7. The smallest absolute Gasteiger partial charge is 0.290 e. The highest BCUT2D eigenvalue weighted by Gasteiger charge is 2.35. The summed E-state index contributed by atoms with van der Waals surface area (Å²) >= 11 is 0. The fraction of sp³-hybridized carbons (Fsp3) is 0.400. The van der Waals surface area contributed by atoms with E-state index in [0.29, 0.717) is 6.42 Å². The van der Waals surface area contributed by atoms with Crippen molar-refractivity contribution in [2.24, 2.45) is 0 Å². The molecular weight excluding hydrogens is 256 g/mol. The highest BCUT2D eigenvalue weighted by molar-refractivity contribution is 5.96. The van der Waals surface area contributed by atoms with Crippen LogP contribution in [0.15, 0.2) is 18.2 Å². The van der Waals surface area contributed by atoms with Crippen molar-refractivity contribution in [3.63, 3.8) is 0 Å². The maximum Gasteiger partial charge on any atom is 0.293 e. The van der Waals surface area contributed by atoms with E-state index in [4.69, 9.17) is 6.42 Å². The molecule has 1 aromatic carbocycles. The highest BCUT2D eigenvalue weighted by atomic mass is 16.6. The van der Waals surface area contributed by atoms with Crippen LogP contribution in [-0.4, -0.2) is 16.4 Å². The minimum absolute atomic E-state index is 0.116. The number of carbonyl (C=O) groups is 1. The lowest BCUT2D eigenvalue weighted by Gasteiger charge is -2.35. The molecule has 0 saturated carbocycles. The second kappa shape index (κ2) is 5.74. The normalized spacial score (nSPS) is 13.2. The van der Waals surface area contributed by atoms with E-state index >= 15 is 0 Å². The van der Waals surface area contributed by atoms with Gasteiger partial charge >= 0.3 is 0 Å². The molecule has 0 aliphatic heterocycles. The summed E-state index contributed by atoms with van der Waals surface area (Å²) in [5.74, 6) is 2.25. The number of nitro groups is 1. The van der Waals surface area contributed by atoms with Crippen molar-refractivity contribution >= 4 is 17.3 Å². The van der Waals surface area contributed by atoms with Crippen LogP contribution < -0.4 is 4.90 Å². The molecule has 5 heteroatoms. The molecule has 1 atom stereocenters. The summed E-state index contributed by atoms with van der Waals surface area (Å²) in [7, 11) is 0. The second-order valence-corrected chi connectivity index (χ2v) is 4.88. The van der Waals surface area contributed by atoms with Crippen LogP contribution in [0, 0.1) is 29.4 Å². The molecule has 1 rings (SSSR count). The molecule has 0 aliphatic rings. The first-order valence-corrected chi connectivity index (χ1v) is 6.30. The molecule has 0 spiro atoms. The van der Waals surface area contributed by atoms with Crippen molar-refractivity contribution in [1.29, 1.82) is 0 Å². The molecule has 0 saturated heterocycles. The maximum absolute atomic E-state index is 12.0. The van der Waals surface area contributed by atoms with Gasteiger partial charge in [0.25, 0.3) is 5.69 Å². The van der Waals surface area contributed by atoms with Gasteiger partial charge < -0.3 is 0 Å². The van der Waals surface area contributed by atoms with E-state index in [1.807, 2.05) is 6.92 Å². The van der Waals surface area contributed by atoms with Crippen molar-refractivity contribution in [1.82, 2.24) is 0 Å². The first-order chi connectivity index (χ1) is 9.26. The molecule has 1 amide bonds. The minimum Gasteiger partial charge on any atom is -0.290 e. The number of terminal acetylenes is 1. The highest BCUT2D eigenvalue weighted by Crippen LogP contribution is 2.35. The molecular formula is C15H18N2O3. The Morgan fingerprint density at radius 1 is 1.55 bits per heavy atom. The molecule has 5 nitrogen and oxygen atoms in total. The lowest BCUT2D eigenvalue weighted by atomic mass is 9.95. The molecule has 0 radical (unpaired) electrons. The SMILES string of the molecule is C#CC(C)(CC)N(C(C)=O)c1ccc(C)cc1[N+](=O)[O-]. The zero-order valence-electron chi connectivity index (χ0n) is 12.1. The Morgan fingerprint density at radius 3 is 2.55 bits per heavy atom. The fourth-order valence-corrected chi connectivity index (χ4v) is 2.08. The summed E-state index contributed by atoms with van der Waals surface area (Å²) in [4.78, 5) is 24.0. The summed E-state index contributed by atoms with van der Waals surface area (Å²) < 4.78 is 0. The Bertz CT molecular complexity index is 589. The Morgan fingerprint density at radius 2 is 2.15 bits per heavy atom. The Balaban J connectivity index is 3.57. The zero-order valence-corrected chi connectivity index (χ0v) is 12.1. The summed E-state index contributed by atoms with van der Waals surface area (Å²) in [6, 6.07) is 4.74. The number of carbonyl (C=O) groups excluding carboxylic acids is 1. The van der Waals surface area contributed by atoms with Gasteiger partial charge in [0, 0.05) is 13.0 Å². The number of anilines is 1. The van der Waals surface area contributed by atoms with Crippen LogP contribution in [0.3, 0.4) is 0 Å². The minimum atomic E-state index is -0.897. The summed E-state index contributed by atoms with van der Waals surface area (Å²) in [5, 5.41) is 11.2. The van der Waals surface area contributed by atoms with Gasteiger partial charge in [-0.25, -0.2) is 0 Å². The van der Waals surface area contributed by atoms with Gasteiger partial charge in [-0.15, -0.1) is 6.42 Å². The number of rotatable bonds is 4. The summed E-state index contributed by atoms with van der Waals surface area (Å²) in [6.07, 6.45) is 6.03. The molecule has 1 unspecified atom stereocenters. The number of hydrogen-bond acceptors (Lipinski definition) is 3. The third-order valence-corrected chi connectivity index (χ3v) is 3.38. The number of amides is 1. The van der Waals surface area contributed by atoms with E-state index in [-0.39, 0.29) is 17.3 Å². The second-order valence-electron chi connectivity index (χ2n) is 4.88. The quantitative estimate of drug-likeness (QED) is 0.481. The largest absolute Gasteiger partial charge is 0.293 e. The number of benzene rings is 1. The van der Waals surface area contributed by atoms with Gasteiger partial charge in [-0.3, -0.25) is 19.8 Å². The Hall–Kier alpha value is -2.35. The molecule has 0 aromatic heterocycles. The summed E-state index contributed by atoms with van der Waals surface area (Å²) in [6.45, 7) is 6.68.